The van der Waals surface area contributed by atoms with E-state index in [1.54, 1.807) is 12.1 Å². The molecule has 4 heteroatoms. The van der Waals surface area contributed by atoms with E-state index >= 15 is 0 Å². The molecule has 2 unspecified atom stereocenters. The molecule has 2 aromatic rings. The van der Waals surface area contributed by atoms with E-state index in [4.69, 9.17) is 0 Å². The topological polar surface area (TPSA) is 35.8 Å². The van der Waals surface area contributed by atoms with E-state index in [9.17, 15) is 9.50 Å². The predicted molar refractivity (Wildman–Crippen MR) is 73.8 cm³/mol. The molecule has 2 atom stereocenters. The van der Waals surface area contributed by atoms with Crippen LogP contribution in [0.2, 0.25) is 0 Å². The minimum atomic E-state index is -0.678. The van der Waals surface area contributed by atoms with E-state index in [0.717, 1.165) is 22.5 Å². The highest BCUT2D eigenvalue weighted by Gasteiger charge is 2.41. The van der Waals surface area contributed by atoms with Gasteiger partial charge in [0.25, 0.3) is 0 Å². The molecule has 100 valence electrons. The Bertz CT molecular complexity index is 696. The summed E-state index contributed by atoms with van der Waals surface area (Å²) in [5, 5.41) is 10.5. The van der Waals surface area contributed by atoms with E-state index < -0.39 is 6.23 Å². The first-order valence-corrected chi connectivity index (χ1v) is 6.61. The highest BCUT2D eigenvalue weighted by atomic mass is 19.1. The summed E-state index contributed by atoms with van der Waals surface area (Å²) < 4.78 is 13.0. The standard InChI is InChI=1S/C16H13FN2O/c17-11-7-5-10(6-8-11)14-9-18-15-12-3-1-2-4-13(12)16(20)19(14)15/h1-8,14,16,20H,9H2. The monoisotopic (exact) mass is 268 g/mol. The average Bonchev–Trinajstić information content (AvgIpc) is 3.02. The zero-order valence-corrected chi connectivity index (χ0v) is 10.7. The summed E-state index contributed by atoms with van der Waals surface area (Å²) in [6, 6.07) is 14.1. The molecule has 20 heavy (non-hydrogen) atoms. The average molecular weight is 268 g/mol. The molecule has 3 nitrogen and oxygen atoms in total. The molecule has 0 radical (unpaired) electrons. The third-order valence-corrected chi connectivity index (χ3v) is 3.99. The first-order chi connectivity index (χ1) is 9.75. The second kappa shape index (κ2) is 4.15. The van der Waals surface area contributed by atoms with Crippen LogP contribution in [-0.4, -0.2) is 22.4 Å². The van der Waals surface area contributed by atoms with Gasteiger partial charge in [-0.05, 0) is 17.7 Å². The zero-order chi connectivity index (χ0) is 13.7. The van der Waals surface area contributed by atoms with Gasteiger partial charge in [-0.15, -0.1) is 0 Å². The molecule has 2 heterocycles. The molecule has 0 amide bonds. The number of aliphatic hydroxyl groups is 1. The van der Waals surface area contributed by atoms with Gasteiger partial charge in [-0.25, -0.2) is 4.39 Å². The molecule has 0 saturated heterocycles. The molecular weight excluding hydrogens is 255 g/mol. The molecule has 0 aromatic heterocycles. The van der Waals surface area contributed by atoms with Gasteiger partial charge in [0.2, 0.25) is 0 Å². The van der Waals surface area contributed by atoms with Crippen LogP contribution in [0.15, 0.2) is 53.5 Å². The first-order valence-electron chi connectivity index (χ1n) is 6.61. The number of halogens is 1. The van der Waals surface area contributed by atoms with Crippen LogP contribution in [-0.2, 0) is 0 Å². The lowest BCUT2D eigenvalue weighted by molar-refractivity contribution is 0.0430. The van der Waals surface area contributed by atoms with E-state index in [2.05, 4.69) is 4.99 Å². The molecule has 2 aliphatic rings. The molecule has 4 rings (SSSR count). The Hall–Kier alpha value is -2.20. The molecule has 0 bridgehead atoms. The normalized spacial score (nSPS) is 23.5. The van der Waals surface area contributed by atoms with Gasteiger partial charge in [-0.3, -0.25) is 4.99 Å². The summed E-state index contributed by atoms with van der Waals surface area (Å²) in [6.07, 6.45) is -0.678. The maximum absolute atomic E-state index is 13.0. The highest BCUT2D eigenvalue weighted by molar-refractivity contribution is 6.04. The Morgan fingerprint density at radius 1 is 1.10 bits per heavy atom. The minimum Gasteiger partial charge on any atom is -0.369 e. The molecule has 1 N–H and O–H groups in total. The summed E-state index contributed by atoms with van der Waals surface area (Å²) in [7, 11) is 0. The summed E-state index contributed by atoms with van der Waals surface area (Å²) >= 11 is 0. The molecule has 2 aromatic carbocycles. The van der Waals surface area contributed by atoms with Crippen molar-refractivity contribution in [2.75, 3.05) is 6.54 Å². The molecular formula is C16H13FN2O. The van der Waals surface area contributed by atoms with Crippen molar-refractivity contribution in [2.45, 2.75) is 12.3 Å². The number of aliphatic hydroxyl groups excluding tert-OH is 1. The fraction of sp³-hybridized carbons (Fsp3) is 0.188. The summed E-state index contributed by atoms with van der Waals surface area (Å²) in [5.41, 5.74) is 2.85. The maximum atomic E-state index is 13.0. The largest absolute Gasteiger partial charge is 0.369 e. The van der Waals surface area contributed by atoms with Crippen LogP contribution >= 0.6 is 0 Å². The van der Waals surface area contributed by atoms with Crippen molar-refractivity contribution in [3.05, 3.63) is 71.0 Å². The lowest BCUT2D eigenvalue weighted by Crippen LogP contribution is -2.29. The van der Waals surface area contributed by atoms with Gasteiger partial charge in [-0.1, -0.05) is 36.4 Å². The van der Waals surface area contributed by atoms with Crippen molar-refractivity contribution in [2.24, 2.45) is 4.99 Å². The number of benzene rings is 2. The van der Waals surface area contributed by atoms with Crippen LogP contribution in [0.4, 0.5) is 4.39 Å². The van der Waals surface area contributed by atoms with Gasteiger partial charge >= 0.3 is 0 Å². The van der Waals surface area contributed by atoms with E-state index in [1.165, 1.54) is 12.1 Å². The van der Waals surface area contributed by atoms with Crippen molar-refractivity contribution < 1.29 is 9.50 Å². The van der Waals surface area contributed by atoms with Crippen molar-refractivity contribution in [1.29, 1.82) is 0 Å². The Balaban J connectivity index is 1.75. The molecule has 2 aliphatic heterocycles. The predicted octanol–water partition coefficient (Wildman–Crippen LogP) is 2.63. The number of hydrogen-bond donors (Lipinski definition) is 1. The van der Waals surface area contributed by atoms with Crippen LogP contribution in [0, 0.1) is 5.82 Å². The number of fused-ring (bicyclic) bond motifs is 3. The van der Waals surface area contributed by atoms with Gasteiger partial charge < -0.3 is 10.0 Å². The number of amidine groups is 1. The van der Waals surface area contributed by atoms with E-state index in [0.29, 0.717) is 6.54 Å². The Morgan fingerprint density at radius 3 is 2.65 bits per heavy atom. The van der Waals surface area contributed by atoms with Crippen LogP contribution in [0.3, 0.4) is 0 Å². The van der Waals surface area contributed by atoms with Gasteiger partial charge in [-0.2, -0.15) is 0 Å². The summed E-state index contributed by atoms with van der Waals surface area (Å²) in [4.78, 5) is 6.47. The Labute approximate surface area is 116 Å². The zero-order valence-electron chi connectivity index (χ0n) is 10.7. The minimum absolute atomic E-state index is 0.0343. The molecule has 0 saturated carbocycles. The first kappa shape index (κ1) is 11.6. The lowest BCUT2D eigenvalue weighted by atomic mass is 10.1. The second-order valence-corrected chi connectivity index (χ2v) is 5.10. The number of aliphatic imine (C=N–C) groups is 1. The highest BCUT2D eigenvalue weighted by Crippen LogP contribution is 2.42. The number of hydrogen-bond acceptors (Lipinski definition) is 3. The van der Waals surface area contributed by atoms with Crippen molar-refractivity contribution >= 4 is 5.84 Å². The van der Waals surface area contributed by atoms with Crippen molar-refractivity contribution in [1.82, 2.24) is 4.90 Å². The number of nitrogens with zero attached hydrogens (tertiary/aromatic N) is 2. The smallest absolute Gasteiger partial charge is 0.155 e. The third-order valence-electron chi connectivity index (χ3n) is 3.99. The fourth-order valence-electron chi connectivity index (χ4n) is 3.03. The van der Waals surface area contributed by atoms with Gasteiger partial charge in [0.05, 0.1) is 12.6 Å². The maximum Gasteiger partial charge on any atom is 0.155 e. The lowest BCUT2D eigenvalue weighted by Gasteiger charge is -2.27. The molecule has 0 fully saturated rings. The van der Waals surface area contributed by atoms with Gasteiger partial charge in [0, 0.05) is 11.1 Å². The third kappa shape index (κ3) is 1.51. The SMILES string of the molecule is OC1c2ccccc2C2=NCC(c3ccc(F)cc3)N21. The fourth-order valence-corrected chi connectivity index (χ4v) is 3.03. The van der Waals surface area contributed by atoms with Crippen molar-refractivity contribution in [3.8, 4) is 0 Å². The summed E-state index contributed by atoms with van der Waals surface area (Å²) in [5.74, 6) is 0.584. The van der Waals surface area contributed by atoms with Crippen LogP contribution < -0.4 is 0 Å². The number of rotatable bonds is 1. The molecule has 0 aliphatic carbocycles. The summed E-state index contributed by atoms with van der Waals surface area (Å²) in [6.45, 7) is 0.590. The second-order valence-electron chi connectivity index (χ2n) is 5.10. The Morgan fingerprint density at radius 2 is 1.85 bits per heavy atom. The molecule has 0 spiro atoms. The van der Waals surface area contributed by atoms with Gasteiger partial charge in [0.1, 0.15) is 11.7 Å². The Kier molecular flexibility index (Phi) is 2.41. The quantitative estimate of drug-likeness (QED) is 0.863. The van der Waals surface area contributed by atoms with Crippen LogP contribution in [0.25, 0.3) is 0 Å². The van der Waals surface area contributed by atoms with E-state index in [-0.39, 0.29) is 11.9 Å². The van der Waals surface area contributed by atoms with E-state index in [1.807, 2.05) is 29.2 Å². The van der Waals surface area contributed by atoms with Gasteiger partial charge in [0.15, 0.2) is 6.23 Å². The van der Waals surface area contributed by atoms with Crippen molar-refractivity contribution in [3.63, 3.8) is 0 Å². The van der Waals surface area contributed by atoms with Crippen LogP contribution in [0.1, 0.15) is 29.0 Å². The van der Waals surface area contributed by atoms with Crippen LogP contribution in [0.5, 0.6) is 0 Å².